The summed E-state index contributed by atoms with van der Waals surface area (Å²) in [5.41, 5.74) is 1.29. The zero-order valence-electron chi connectivity index (χ0n) is 12.1. The summed E-state index contributed by atoms with van der Waals surface area (Å²) in [4.78, 5) is 13.9. The summed E-state index contributed by atoms with van der Waals surface area (Å²) in [5.74, 6) is 0.721. The highest BCUT2D eigenvalue weighted by atomic mass is 16.5. The van der Waals surface area contributed by atoms with Crippen LogP contribution in [0, 0.1) is 5.92 Å². The monoisotopic (exact) mass is 287 g/mol. The van der Waals surface area contributed by atoms with Gasteiger partial charge in [-0.15, -0.1) is 0 Å². The first-order valence-electron chi connectivity index (χ1n) is 7.94. The van der Waals surface area contributed by atoms with E-state index in [-0.39, 0.29) is 12.0 Å². The minimum atomic E-state index is -0.612. The Balaban J connectivity index is 1.54. The van der Waals surface area contributed by atoms with Crippen LogP contribution < -0.4 is 4.74 Å². The summed E-state index contributed by atoms with van der Waals surface area (Å²) in [5, 5.41) is 9.37. The van der Waals surface area contributed by atoms with Crippen molar-refractivity contribution >= 4 is 5.97 Å². The lowest BCUT2D eigenvalue weighted by Crippen LogP contribution is -2.37. The number of nitrogens with zero attached hydrogens (tertiary/aromatic N) is 1. The third-order valence-corrected chi connectivity index (χ3v) is 5.51. The van der Waals surface area contributed by atoms with Gasteiger partial charge in [0.05, 0.1) is 12.5 Å². The van der Waals surface area contributed by atoms with Gasteiger partial charge in [0.1, 0.15) is 5.75 Å². The second-order valence-corrected chi connectivity index (χ2v) is 6.55. The van der Waals surface area contributed by atoms with E-state index in [1.807, 2.05) is 12.1 Å². The van der Waals surface area contributed by atoms with Gasteiger partial charge in [-0.2, -0.15) is 0 Å². The van der Waals surface area contributed by atoms with Crippen molar-refractivity contribution in [2.75, 3.05) is 13.2 Å². The Kier molecular flexibility index (Phi) is 3.14. The van der Waals surface area contributed by atoms with Gasteiger partial charge in [0.25, 0.3) is 0 Å². The van der Waals surface area contributed by atoms with E-state index >= 15 is 0 Å². The van der Waals surface area contributed by atoms with Gasteiger partial charge in [0.15, 0.2) is 0 Å². The lowest BCUT2D eigenvalue weighted by Gasteiger charge is -2.32. The minimum Gasteiger partial charge on any atom is -0.493 e. The Bertz CT molecular complexity index is 559. The maximum Gasteiger partial charge on any atom is 0.308 e. The fourth-order valence-corrected chi connectivity index (χ4v) is 4.51. The molecule has 4 atom stereocenters. The number of benzene rings is 1. The molecule has 0 aliphatic carbocycles. The first-order valence-corrected chi connectivity index (χ1v) is 7.94. The summed E-state index contributed by atoms with van der Waals surface area (Å²) in [6, 6.07) is 9.01. The second kappa shape index (κ2) is 5.02. The molecule has 0 aromatic heterocycles. The smallest absolute Gasteiger partial charge is 0.308 e. The van der Waals surface area contributed by atoms with Crippen molar-refractivity contribution < 1.29 is 14.6 Å². The van der Waals surface area contributed by atoms with Crippen LogP contribution in [0.1, 0.15) is 37.2 Å². The van der Waals surface area contributed by atoms with Crippen LogP contribution in [-0.4, -0.2) is 41.2 Å². The van der Waals surface area contributed by atoms with Crippen LogP contribution in [-0.2, 0) is 4.79 Å². The summed E-state index contributed by atoms with van der Waals surface area (Å²) < 4.78 is 5.73. The third-order valence-electron chi connectivity index (χ3n) is 5.51. The van der Waals surface area contributed by atoms with E-state index < -0.39 is 5.97 Å². The lowest BCUT2D eigenvalue weighted by atomic mass is 9.89. The summed E-state index contributed by atoms with van der Waals surface area (Å²) >= 11 is 0. The number of hydrogen-bond acceptors (Lipinski definition) is 3. The van der Waals surface area contributed by atoms with E-state index in [1.165, 1.54) is 12.0 Å². The maximum atomic E-state index is 11.4. The Hall–Kier alpha value is -1.55. The van der Waals surface area contributed by atoms with Gasteiger partial charge in [-0.3, -0.25) is 9.69 Å². The molecule has 0 radical (unpaired) electrons. The molecule has 2 bridgehead atoms. The van der Waals surface area contributed by atoms with Crippen LogP contribution in [0.2, 0.25) is 0 Å². The number of carboxylic acids is 1. The molecule has 4 heteroatoms. The zero-order chi connectivity index (χ0) is 14.4. The van der Waals surface area contributed by atoms with Crippen molar-refractivity contribution in [3.63, 3.8) is 0 Å². The van der Waals surface area contributed by atoms with Crippen molar-refractivity contribution in [2.24, 2.45) is 5.92 Å². The average molecular weight is 287 g/mol. The quantitative estimate of drug-likeness (QED) is 0.928. The fourth-order valence-electron chi connectivity index (χ4n) is 4.51. The van der Waals surface area contributed by atoms with Crippen LogP contribution in [0.15, 0.2) is 24.3 Å². The molecule has 2 saturated heterocycles. The maximum absolute atomic E-state index is 11.4. The van der Waals surface area contributed by atoms with E-state index in [1.54, 1.807) is 0 Å². The Labute approximate surface area is 124 Å². The van der Waals surface area contributed by atoms with Crippen molar-refractivity contribution in [1.82, 2.24) is 4.90 Å². The van der Waals surface area contributed by atoms with Crippen molar-refractivity contribution in [1.29, 1.82) is 0 Å². The van der Waals surface area contributed by atoms with Gasteiger partial charge in [0, 0.05) is 24.5 Å². The van der Waals surface area contributed by atoms with E-state index in [0.29, 0.717) is 12.0 Å². The summed E-state index contributed by atoms with van der Waals surface area (Å²) in [6.07, 6.45) is 4.08. The van der Waals surface area contributed by atoms with Gasteiger partial charge >= 0.3 is 5.97 Å². The van der Waals surface area contributed by atoms with E-state index in [9.17, 15) is 9.90 Å². The molecule has 0 saturated carbocycles. The highest BCUT2D eigenvalue weighted by Gasteiger charge is 2.49. The molecular weight excluding hydrogens is 266 g/mol. The number of aliphatic carboxylic acids is 1. The molecular formula is C17H21NO3. The molecule has 4 rings (SSSR count). The molecule has 2 fully saturated rings. The summed E-state index contributed by atoms with van der Waals surface area (Å²) in [6.45, 7) is 1.76. The Morgan fingerprint density at radius 2 is 2.14 bits per heavy atom. The first kappa shape index (κ1) is 13.1. The van der Waals surface area contributed by atoms with Crippen molar-refractivity contribution in [2.45, 2.75) is 43.7 Å². The summed E-state index contributed by atoms with van der Waals surface area (Å²) in [7, 11) is 0. The molecule has 112 valence electrons. The number of carboxylic acid groups (broad SMARTS) is 1. The molecule has 3 aliphatic heterocycles. The normalized spacial score (nSPS) is 34.5. The van der Waals surface area contributed by atoms with E-state index in [4.69, 9.17) is 4.74 Å². The predicted molar refractivity (Wildman–Crippen MR) is 78.6 cm³/mol. The minimum absolute atomic E-state index is 0.154. The van der Waals surface area contributed by atoms with Crippen molar-refractivity contribution in [3.05, 3.63) is 29.8 Å². The van der Waals surface area contributed by atoms with Crippen molar-refractivity contribution in [3.8, 4) is 5.75 Å². The number of para-hydroxylation sites is 1. The standard InChI is InChI=1S/C17H21NO3/c19-17(20)14-9-12-5-6-15(14)18(12)10-11-7-8-21-16-4-2-1-3-13(11)16/h1-4,11-12,14-15H,5-10H2,(H,19,20). The first-order chi connectivity index (χ1) is 10.2. The molecule has 3 heterocycles. The van der Waals surface area contributed by atoms with Crippen LogP contribution in [0.5, 0.6) is 5.75 Å². The topological polar surface area (TPSA) is 49.8 Å². The lowest BCUT2D eigenvalue weighted by molar-refractivity contribution is -0.142. The molecule has 21 heavy (non-hydrogen) atoms. The predicted octanol–water partition coefficient (Wildman–Crippen LogP) is 2.49. The van der Waals surface area contributed by atoms with E-state index in [0.717, 1.165) is 38.2 Å². The van der Waals surface area contributed by atoms with Crippen LogP contribution in [0.25, 0.3) is 0 Å². The zero-order valence-corrected chi connectivity index (χ0v) is 12.1. The fraction of sp³-hybridized carbons (Fsp3) is 0.588. The molecule has 0 spiro atoms. The molecule has 3 aliphatic rings. The number of rotatable bonds is 3. The highest BCUT2D eigenvalue weighted by molar-refractivity contribution is 5.71. The molecule has 1 N–H and O–H groups in total. The third kappa shape index (κ3) is 2.13. The van der Waals surface area contributed by atoms with Gasteiger partial charge in [-0.05, 0) is 37.3 Å². The number of hydrogen-bond donors (Lipinski definition) is 1. The van der Waals surface area contributed by atoms with Crippen LogP contribution in [0.3, 0.4) is 0 Å². The second-order valence-electron chi connectivity index (χ2n) is 6.55. The number of carbonyl (C=O) groups is 1. The number of fused-ring (bicyclic) bond motifs is 3. The van der Waals surface area contributed by atoms with Gasteiger partial charge in [-0.1, -0.05) is 18.2 Å². The molecule has 4 nitrogen and oxygen atoms in total. The SMILES string of the molecule is O=C(O)C1CC2CCC1N2CC1CCOc2ccccc21. The van der Waals surface area contributed by atoms with Crippen LogP contribution in [0.4, 0.5) is 0 Å². The van der Waals surface area contributed by atoms with Gasteiger partial charge in [-0.25, -0.2) is 0 Å². The highest BCUT2D eigenvalue weighted by Crippen LogP contribution is 2.44. The number of ether oxygens (including phenoxy) is 1. The largest absolute Gasteiger partial charge is 0.493 e. The molecule has 1 aromatic rings. The molecule has 0 amide bonds. The van der Waals surface area contributed by atoms with Gasteiger partial charge in [0.2, 0.25) is 0 Å². The average Bonchev–Trinajstić information content (AvgIpc) is 3.05. The Morgan fingerprint density at radius 3 is 2.95 bits per heavy atom. The van der Waals surface area contributed by atoms with Crippen LogP contribution >= 0.6 is 0 Å². The van der Waals surface area contributed by atoms with Gasteiger partial charge < -0.3 is 9.84 Å². The Morgan fingerprint density at radius 1 is 1.29 bits per heavy atom. The molecule has 4 unspecified atom stereocenters. The van der Waals surface area contributed by atoms with E-state index in [2.05, 4.69) is 17.0 Å². The molecule has 1 aromatic carbocycles.